The number of carbonyl (C=O) groups excluding carboxylic acids is 3. The van der Waals surface area contributed by atoms with Crippen molar-refractivity contribution in [1.29, 1.82) is 0 Å². The first-order valence-corrected chi connectivity index (χ1v) is 12.3. The van der Waals surface area contributed by atoms with Crippen LogP contribution in [0, 0.1) is 6.92 Å². The third-order valence-corrected chi connectivity index (χ3v) is 6.13. The summed E-state index contributed by atoms with van der Waals surface area (Å²) >= 11 is 9.57. The van der Waals surface area contributed by atoms with Gasteiger partial charge in [-0.05, 0) is 83.4 Å². The van der Waals surface area contributed by atoms with Gasteiger partial charge in [0, 0.05) is 5.02 Å². The van der Waals surface area contributed by atoms with Gasteiger partial charge in [-0.25, -0.2) is 9.69 Å². The minimum Gasteiger partial charge on any atom is -0.490 e. The molecule has 4 amide bonds. The third-order valence-electron chi connectivity index (χ3n) is 5.31. The first-order chi connectivity index (χ1) is 17.3. The maximum absolute atomic E-state index is 13.2. The largest absolute Gasteiger partial charge is 0.490 e. The van der Waals surface area contributed by atoms with Gasteiger partial charge in [-0.15, -0.1) is 0 Å². The van der Waals surface area contributed by atoms with Gasteiger partial charge < -0.3 is 9.47 Å². The summed E-state index contributed by atoms with van der Waals surface area (Å²) in [5.41, 5.74) is 2.55. The standard InChI is InChI=1S/C27H22BrClN2O5/c1-3-35-23-14-18(13-22(28)24(23)36-15-17-5-4-6-19(29)11-17)12-21-25(32)30-27(34)31(26(21)33)20-9-7-16(2)8-10-20/h4-14H,3,15H2,1-2H3,(H,30,32,34)/b21-12+. The van der Waals surface area contributed by atoms with E-state index in [0.717, 1.165) is 16.0 Å². The van der Waals surface area contributed by atoms with E-state index in [4.69, 9.17) is 21.1 Å². The molecule has 1 aliphatic rings. The Morgan fingerprint density at radius 2 is 1.78 bits per heavy atom. The van der Waals surface area contributed by atoms with Gasteiger partial charge >= 0.3 is 6.03 Å². The Morgan fingerprint density at radius 1 is 1.03 bits per heavy atom. The van der Waals surface area contributed by atoms with Crippen LogP contribution in [-0.2, 0) is 16.2 Å². The zero-order valence-corrected chi connectivity index (χ0v) is 21.9. The zero-order chi connectivity index (χ0) is 25.8. The number of nitrogens with one attached hydrogen (secondary N) is 1. The highest BCUT2D eigenvalue weighted by molar-refractivity contribution is 9.10. The van der Waals surface area contributed by atoms with Crippen LogP contribution in [0.5, 0.6) is 11.5 Å². The van der Waals surface area contributed by atoms with Gasteiger partial charge in [-0.3, -0.25) is 14.9 Å². The number of halogens is 2. The molecule has 1 N–H and O–H groups in total. The maximum atomic E-state index is 13.2. The lowest BCUT2D eigenvalue weighted by atomic mass is 10.1. The van der Waals surface area contributed by atoms with Crippen LogP contribution in [0.4, 0.5) is 10.5 Å². The number of urea groups is 1. The fourth-order valence-electron chi connectivity index (χ4n) is 3.61. The number of anilines is 1. The van der Waals surface area contributed by atoms with Crippen molar-refractivity contribution in [1.82, 2.24) is 5.32 Å². The Morgan fingerprint density at radius 3 is 2.47 bits per heavy atom. The first-order valence-electron chi connectivity index (χ1n) is 11.1. The lowest BCUT2D eigenvalue weighted by Crippen LogP contribution is -2.54. The maximum Gasteiger partial charge on any atom is 0.335 e. The van der Waals surface area contributed by atoms with Gasteiger partial charge in [0.1, 0.15) is 12.2 Å². The zero-order valence-electron chi connectivity index (χ0n) is 19.5. The molecule has 0 radical (unpaired) electrons. The summed E-state index contributed by atoms with van der Waals surface area (Å²) in [6.07, 6.45) is 1.42. The monoisotopic (exact) mass is 568 g/mol. The SMILES string of the molecule is CCOc1cc(/C=C2\C(=O)NC(=O)N(c3ccc(C)cc3)C2=O)cc(Br)c1OCc1cccc(Cl)c1. The highest BCUT2D eigenvalue weighted by atomic mass is 79.9. The fourth-order valence-corrected chi connectivity index (χ4v) is 4.40. The van der Waals surface area contributed by atoms with E-state index in [1.54, 1.807) is 42.5 Å². The van der Waals surface area contributed by atoms with Crippen molar-refractivity contribution in [2.45, 2.75) is 20.5 Å². The number of hydrogen-bond acceptors (Lipinski definition) is 5. The molecule has 0 spiro atoms. The number of hydrogen-bond donors (Lipinski definition) is 1. The van der Waals surface area contributed by atoms with E-state index in [1.165, 1.54) is 6.08 Å². The normalized spacial score (nSPS) is 14.7. The van der Waals surface area contributed by atoms with Crippen molar-refractivity contribution in [3.05, 3.63) is 92.4 Å². The molecule has 1 heterocycles. The van der Waals surface area contributed by atoms with Crippen LogP contribution in [0.2, 0.25) is 5.02 Å². The van der Waals surface area contributed by atoms with Crippen LogP contribution >= 0.6 is 27.5 Å². The molecule has 0 aromatic heterocycles. The van der Waals surface area contributed by atoms with Crippen LogP contribution in [0.15, 0.2) is 70.7 Å². The van der Waals surface area contributed by atoms with Gasteiger partial charge in [0.2, 0.25) is 0 Å². The first kappa shape index (κ1) is 25.5. The fraction of sp³-hybridized carbons (Fsp3) is 0.148. The minimum absolute atomic E-state index is 0.183. The molecule has 0 saturated carbocycles. The highest BCUT2D eigenvalue weighted by Gasteiger charge is 2.36. The molecule has 7 nitrogen and oxygen atoms in total. The Kier molecular flexibility index (Phi) is 7.76. The second-order valence-electron chi connectivity index (χ2n) is 7.97. The van der Waals surface area contributed by atoms with Gasteiger partial charge in [0.25, 0.3) is 11.8 Å². The number of carbonyl (C=O) groups is 3. The van der Waals surface area contributed by atoms with Gasteiger partial charge in [0.05, 0.1) is 16.8 Å². The Bertz CT molecular complexity index is 1370. The molecule has 0 bridgehead atoms. The van der Waals surface area contributed by atoms with Crippen LogP contribution in [0.1, 0.15) is 23.6 Å². The molecule has 4 rings (SSSR count). The molecular formula is C27H22BrClN2O5. The molecule has 0 aliphatic carbocycles. The second-order valence-corrected chi connectivity index (χ2v) is 9.27. The molecular weight excluding hydrogens is 548 g/mol. The number of imide groups is 2. The minimum atomic E-state index is -0.799. The second kappa shape index (κ2) is 11.0. The summed E-state index contributed by atoms with van der Waals surface area (Å²) in [5, 5.41) is 2.84. The average molecular weight is 570 g/mol. The van der Waals surface area contributed by atoms with E-state index in [9.17, 15) is 14.4 Å². The number of rotatable bonds is 7. The number of benzene rings is 3. The molecule has 1 fully saturated rings. The summed E-state index contributed by atoms with van der Waals surface area (Å²) < 4.78 is 12.3. The molecule has 3 aromatic rings. The lowest BCUT2D eigenvalue weighted by Gasteiger charge is -2.26. The van der Waals surface area contributed by atoms with Gasteiger partial charge in [0.15, 0.2) is 11.5 Å². The number of barbiturate groups is 1. The van der Waals surface area contributed by atoms with Crippen LogP contribution in [0.25, 0.3) is 6.08 Å². The lowest BCUT2D eigenvalue weighted by molar-refractivity contribution is -0.122. The van der Waals surface area contributed by atoms with Gasteiger partial charge in [-0.2, -0.15) is 0 Å². The van der Waals surface area contributed by atoms with Crippen molar-refractivity contribution in [2.75, 3.05) is 11.5 Å². The number of amides is 4. The van der Waals surface area contributed by atoms with E-state index >= 15 is 0 Å². The number of nitrogens with zero attached hydrogens (tertiary/aromatic N) is 1. The number of aryl methyl sites for hydroxylation is 1. The summed E-state index contributed by atoms with van der Waals surface area (Å²) in [7, 11) is 0. The molecule has 9 heteroatoms. The van der Waals surface area contributed by atoms with Crippen molar-refractivity contribution in [3.63, 3.8) is 0 Å². The van der Waals surface area contributed by atoms with E-state index in [0.29, 0.717) is 38.9 Å². The smallest absolute Gasteiger partial charge is 0.335 e. The quantitative estimate of drug-likeness (QED) is 0.276. The average Bonchev–Trinajstić information content (AvgIpc) is 2.82. The molecule has 36 heavy (non-hydrogen) atoms. The molecule has 1 saturated heterocycles. The predicted octanol–water partition coefficient (Wildman–Crippen LogP) is 6.06. The van der Waals surface area contributed by atoms with E-state index in [1.807, 2.05) is 32.0 Å². The number of ether oxygens (including phenoxy) is 2. The summed E-state index contributed by atoms with van der Waals surface area (Å²) in [5.74, 6) is -0.600. The predicted molar refractivity (Wildman–Crippen MR) is 141 cm³/mol. The van der Waals surface area contributed by atoms with E-state index in [2.05, 4.69) is 21.2 Å². The molecule has 184 valence electrons. The van der Waals surface area contributed by atoms with Crippen molar-refractivity contribution >= 4 is 57.1 Å². The van der Waals surface area contributed by atoms with Crippen molar-refractivity contribution in [2.24, 2.45) is 0 Å². The highest BCUT2D eigenvalue weighted by Crippen LogP contribution is 2.38. The Labute approximate surface area is 221 Å². The molecule has 0 unspecified atom stereocenters. The van der Waals surface area contributed by atoms with Crippen LogP contribution in [-0.4, -0.2) is 24.5 Å². The van der Waals surface area contributed by atoms with Gasteiger partial charge in [-0.1, -0.05) is 41.4 Å². The van der Waals surface area contributed by atoms with Crippen molar-refractivity contribution in [3.8, 4) is 11.5 Å². The molecule has 1 aliphatic heterocycles. The topological polar surface area (TPSA) is 84.9 Å². The summed E-state index contributed by atoms with van der Waals surface area (Å²) in [6.45, 7) is 4.36. The summed E-state index contributed by atoms with van der Waals surface area (Å²) in [4.78, 5) is 39.1. The summed E-state index contributed by atoms with van der Waals surface area (Å²) in [6, 6.07) is 16.8. The Hall–Kier alpha value is -3.62. The van der Waals surface area contributed by atoms with Crippen LogP contribution < -0.4 is 19.7 Å². The van der Waals surface area contributed by atoms with E-state index in [-0.39, 0.29) is 12.2 Å². The molecule has 0 atom stereocenters. The molecule has 3 aromatic carbocycles. The van der Waals surface area contributed by atoms with E-state index < -0.39 is 17.8 Å². The van der Waals surface area contributed by atoms with Crippen molar-refractivity contribution < 1.29 is 23.9 Å². The Balaban J connectivity index is 1.65. The van der Waals surface area contributed by atoms with Crippen LogP contribution in [0.3, 0.4) is 0 Å². The third kappa shape index (κ3) is 5.61.